The van der Waals surface area contributed by atoms with Gasteiger partial charge in [0.15, 0.2) is 17.3 Å². The van der Waals surface area contributed by atoms with Crippen molar-refractivity contribution in [1.29, 1.82) is 0 Å². The topological polar surface area (TPSA) is 81.2 Å². The molecular formula is C19H20ClN5O2. The lowest BCUT2D eigenvalue weighted by Gasteiger charge is -2.11. The summed E-state index contributed by atoms with van der Waals surface area (Å²) in [4.78, 5) is 4.42. The molecule has 0 aliphatic rings. The molecule has 3 rings (SSSR count). The lowest BCUT2D eigenvalue weighted by molar-refractivity contribution is 0.355. The fraction of sp³-hybridized carbons (Fsp3) is 0.211. The average Bonchev–Trinajstić information content (AvgIpc) is 2.68. The zero-order chi connectivity index (χ0) is 19.1. The Morgan fingerprint density at radius 1 is 1.04 bits per heavy atom. The minimum Gasteiger partial charge on any atom is -0.493 e. The van der Waals surface area contributed by atoms with Crippen molar-refractivity contribution < 1.29 is 9.47 Å². The molecule has 3 aromatic rings. The van der Waals surface area contributed by atoms with Crippen molar-refractivity contribution in [3.8, 4) is 11.5 Å². The van der Waals surface area contributed by atoms with E-state index in [1.165, 1.54) is 0 Å². The third-order valence-electron chi connectivity index (χ3n) is 3.80. The Morgan fingerprint density at radius 3 is 2.67 bits per heavy atom. The van der Waals surface area contributed by atoms with Crippen LogP contribution in [0, 0.1) is 0 Å². The summed E-state index contributed by atoms with van der Waals surface area (Å²) >= 11 is 6.00. The predicted octanol–water partition coefficient (Wildman–Crippen LogP) is 3.94. The van der Waals surface area contributed by atoms with Crippen LogP contribution in [0.5, 0.6) is 11.5 Å². The summed E-state index contributed by atoms with van der Waals surface area (Å²) in [5.74, 6) is 2.31. The number of hydrogen-bond donors (Lipinski definition) is 2. The molecule has 8 heteroatoms. The van der Waals surface area contributed by atoms with E-state index in [2.05, 4.69) is 25.8 Å². The van der Waals surface area contributed by atoms with Crippen molar-refractivity contribution in [1.82, 2.24) is 15.2 Å². The number of methoxy groups -OCH3 is 2. The predicted molar refractivity (Wildman–Crippen MR) is 106 cm³/mol. The minimum absolute atomic E-state index is 0.447. The second-order valence-electron chi connectivity index (χ2n) is 5.67. The van der Waals surface area contributed by atoms with Gasteiger partial charge >= 0.3 is 0 Å². The van der Waals surface area contributed by atoms with Gasteiger partial charge in [0.25, 0.3) is 0 Å². The molecular weight excluding hydrogens is 366 g/mol. The van der Waals surface area contributed by atoms with Crippen LogP contribution in [0.4, 0.5) is 17.5 Å². The van der Waals surface area contributed by atoms with Crippen LogP contribution < -0.4 is 20.1 Å². The summed E-state index contributed by atoms with van der Waals surface area (Å²) in [5.41, 5.74) is 1.94. The van der Waals surface area contributed by atoms with Gasteiger partial charge in [-0.15, -0.1) is 5.10 Å². The molecule has 0 aliphatic heterocycles. The Kier molecular flexibility index (Phi) is 6.27. The third-order valence-corrected chi connectivity index (χ3v) is 4.04. The van der Waals surface area contributed by atoms with Crippen molar-refractivity contribution in [2.45, 2.75) is 6.42 Å². The van der Waals surface area contributed by atoms with Gasteiger partial charge in [-0.05, 0) is 36.2 Å². The van der Waals surface area contributed by atoms with E-state index in [-0.39, 0.29) is 0 Å². The second kappa shape index (κ2) is 9.05. The summed E-state index contributed by atoms with van der Waals surface area (Å²) < 4.78 is 10.5. The van der Waals surface area contributed by atoms with Crippen LogP contribution in [0.15, 0.2) is 48.7 Å². The monoisotopic (exact) mass is 385 g/mol. The first-order valence-corrected chi connectivity index (χ1v) is 8.73. The van der Waals surface area contributed by atoms with Gasteiger partial charge in [-0.25, -0.2) is 0 Å². The number of anilines is 3. The van der Waals surface area contributed by atoms with Crippen molar-refractivity contribution in [2.24, 2.45) is 0 Å². The van der Waals surface area contributed by atoms with Crippen molar-refractivity contribution in [3.05, 3.63) is 59.2 Å². The normalized spacial score (nSPS) is 10.3. The number of aromatic nitrogens is 3. The highest BCUT2D eigenvalue weighted by atomic mass is 35.5. The molecule has 2 N–H and O–H groups in total. The molecule has 0 spiro atoms. The summed E-state index contributed by atoms with van der Waals surface area (Å²) in [6.45, 7) is 0.668. The maximum Gasteiger partial charge on any atom is 0.244 e. The molecule has 0 radical (unpaired) electrons. The molecule has 0 saturated heterocycles. The molecule has 1 aromatic heterocycles. The van der Waals surface area contributed by atoms with Crippen LogP contribution in [0.2, 0.25) is 5.02 Å². The molecule has 0 fully saturated rings. The number of benzene rings is 2. The van der Waals surface area contributed by atoms with Gasteiger partial charge in [0.1, 0.15) is 0 Å². The maximum atomic E-state index is 6.00. The van der Waals surface area contributed by atoms with Crippen LogP contribution in [-0.4, -0.2) is 35.9 Å². The van der Waals surface area contributed by atoms with Crippen LogP contribution in [0.25, 0.3) is 0 Å². The number of ether oxygens (including phenoxy) is 2. The first kappa shape index (κ1) is 18.7. The van der Waals surface area contributed by atoms with E-state index in [1.807, 2.05) is 42.5 Å². The molecule has 0 aliphatic carbocycles. The number of halogens is 1. The fourth-order valence-electron chi connectivity index (χ4n) is 2.51. The number of hydrogen-bond acceptors (Lipinski definition) is 7. The molecule has 0 atom stereocenters. The summed E-state index contributed by atoms with van der Waals surface area (Å²) in [5, 5.41) is 15.1. The Bertz CT molecular complexity index is 907. The van der Waals surface area contributed by atoms with E-state index in [4.69, 9.17) is 21.1 Å². The highest BCUT2D eigenvalue weighted by Crippen LogP contribution is 2.30. The fourth-order valence-corrected chi connectivity index (χ4v) is 2.72. The summed E-state index contributed by atoms with van der Waals surface area (Å²) in [7, 11) is 3.19. The quantitative estimate of drug-likeness (QED) is 0.607. The van der Waals surface area contributed by atoms with E-state index < -0.39 is 0 Å². The standard InChI is InChI=1S/C19H20ClN5O2/c1-26-16-7-6-15(11-17(16)27-2)23-18-12-22-25-19(24-18)21-9-8-13-4-3-5-14(20)10-13/h3-7,10-12H,8-9H2,1-2H3,(H2,21,23,24,25). The average molecular weight is 386 g/mol. The van der Waals surface area contributed by atoms with E-state index >= 15 is 0 Å². The smallest absolute Gasteiger partial charge is 0.244 e. The van der Waals surface area contributed by atoms with E-state index in [0.717, 1.165) is 22.7 Å². The maximum absolute atomic E-state index is 6.00. The zero-order valence-corrected chi connectivity index (χ0v) is 15.8. The van der Waals surface area contributed by atoms with Gasteiger partial charge < -0.3 is 20.1 Å². The lowest BCUT2D eigenvalue weighted by atomic mass is 10.1. The minimum atomic E-state index is 0.447. The number of nitrogens with one attached hydrogen (secondary N) is 2. The van der Waals surface area contributed by atoms with Gasteiger partial charge in [-0.2, -0.15) is 10.1 Å². The van der Waals surface area contributed by atoms with Gasteiger partial charge in [-0.1, -0.05) is 23.7 Å². The van der Waals surface area contributed by atoms with Crippen molar-refractivity contribution in [3.63, 3.8) is 0 Å². The molecule has 27 heavy (non-hydrogen) atoms. The van der Waals surface area contributed by atoms with Gasteiger partial charge in [0.05, 0.1) is 20.4 Å². The summed E-state index contributed by atoms with van der Waals surface area (Å²) in [6.07, 6.45) is 2.36. The van der Waals surface area contributed by atoms with Crippen LogP contribution >= 0.6 is 11.6 Å². The molecule has 1 heterocycles. The molecule has 140 valence electrons. The molecule has 0 amide bonds. The Hall–Kier alpha value is -3.06. The van der Waals surface area contributed by atoms with E-state index in [9.17, 15) is 0 Å². The third kappa shape index (κ3) is 5.21. The van der Waals surface area contributed by atoms with Crippen molar-refractivity contribution >= 4 is 29.1 Å². The van der Waals surface area contributed by atoms with Crippen LogP contribution in [0.1, 0.15) is 5.56 Å². The molecule has 0 bridgehead atoms. The highest BCUT2D eigenvalue weighted by molar-refractivity contribution is 6.30. The first-order chi connectivity index (χ1) is 13.2. The largest absolute Gasteiger partial charge is 0.493 e. The molecule has 0 saturated carbocycles. The number of nitrogens with zero attached hydrogens (tertiary/aromatic N) is 3. The van der Waals surface area contributed by atoms with Crippen LogP contribution in [0.3, 0.4) is 0 Å². The molecule has 0 unspecified atom stereocenters. The van der Waals surface area contributed by atoms with Gasteiger partial charge in [0.2, 0.25) is 5.95 Å². The van der Waals surface area contributed by atoms with Gasteiger partial charge in [0, 0.05) is 23.3 Å². The Balaban J connectivity index is 1.62. The zero-order valence-electron chi connectivity index (χ0n) is 15.1. The number of rotatable bonds is 8. The Morgan fingerprint density at radius 2 is 1.89 bits per heavy atom. The molecule has 7 nitrogen and oxygen atoms in total. The van der Waals surface area contributed by atoms with Crippen molar-refractivity contribution in [2.75, 3.05) is 31.4 Å². The van der Waals surface area contributed by atoms with Gasteiger partial charge in [-0.3, -0.25) is 0 Å². The second-order valence-corrected chi connectivity index (χ2v) is 6.10. The Labute approximate surface area is 162 Å². The lowest BCUT2D eigenvalue weighted by Crippen LogP contribution is -2.09. The highest BCUT2D eigenvalue weighted by Gasteiger charge is 2.06. The summed E-state index contributed by atoms with van der Waals surface area (Å²) in [6, 6.07) is 13.3. The molecule has 2 aromatic carbocycles. The SMILES string of the molecule is COc1ccc(Nc2cnnc(NCCc3cccc(Cl)c3)n2)cc1OC. The first-order valence-electron chi connectivity index (χ1n) is 8.35. The van der Waals surface area contributed by atoms with E-state index in [1.54, 1.807) is 20.4 Å². The van der Waals surface area contributed by atoms with E-state index in [0.29, 0.717) is 29.8 Å². The van der Waals surface area contributed by atoms with Crippen LogP contribution in [-0.2, 0) is 6.42 Å².